The third-order valence-corrected chi connectivity index (χ3v) is 4.83. The van der Waals surface area contributed by atoms with Crippen molar-refractivity contribution in [1.82, 2.24) is 4.90 Å². The van der Waals surface area contributed by atoms with Crippen molar-refractivity contribution in [3.63, 3.8) is 0 Å². The van der Waals surface area contributed by atoms with E-state index in [0.717, 1.165) is 56.8 Å². The molecule has 0 radical (unpaired) electrons. The Morgan fingerprint density at radius 1 is 0.960 bits per heavy atom. The number of rotatable bonds is 6. The Morgan fingerprint density at radius 2 is 1.64 bits per heavy atom. The summed E-state index contributed by atoms with van der Waals surface area (Å²) in [7, 11) is 0. The molecule has 0 spiro atoms. The predicted molar refractivity (Wildman–Crippen MR) is 102 cm³/mol. The Hall–Kier alpha value is -1.97. The summed E-state index contributed by atoms with van der Waals surface area (Å²) >= 11 is 0. The van der Waals surface area contributed by atoms with Gasteiger partial charge in [-0.25, -0.2) is 0 Å². The highest BCUT2D eigenvalue weighted by Crippen LogP contribution is 2.21. The molecular formula is C22H27NO2. The van der Waals surface area contributed by atoms with E-state index in [0.29, 0.717) is 0 Å². The molecule has 132 valence electrons. The molecule has 2 aromatic rings. The fourth-order valence-corrected chi connectivity index (χ4v) is 3.29. The second kappa shape index (κ2) is 8.93. The number of Topliss-reactive ketones (excluding diaryl/α,β-unsaturated/α-hetero) is 1. The second-order valence-corrected chi connectivity index (χ2v) is 6.74. The molecule has 0 N–H and O–H groups in total. The zero-order valence-corrected chi connectivity index (χ0v) is 15.0. The lowest BCUT2D eigenvalue weighted by Crippen LogP contribution is -2.27. The number of nitrogens with zero attached hydrogens (tertiary/aromatic N) is 1. The third-order valence-electron chi connectivity index (χ3n) is 4.83. The van der Waals surface area contributed by atoms with E-state index in [1.165, 1.54) is 17.5 Å². The van der Waals surface area contributed by atoms with Crippen molar-refractivity contribution in [2.45, 2.75) is 26.2 Å². The lowest BCUT2D eigenvalue weighted by atomic mass is 10.0. The third kappa shape index (κ3) is 5.25. The van der Waals surface area contributed by atoms with Crippen LogP contribution < -0.4 is 0 Å². The number of carbonyl (C=O) groups is 1. The first-order valence-corrected chi connectivity index (χ1v) is 9.23. The Bertz CT molecular complexity index is 668. The molecule has 3 rings (SSSR count). The molecule has 0 saturated carbocycles. The molecule has 1 heterocycles. The first kappa shape index (κ1) is 17.8. The summed E-state index contributed by atoms with van der Waals surface area (Å²) in [5.41, 5.74) is 4.50. The standard InChI is InChI=1S/C22H27NO2/c1-18(24)20-9-11-22(12-10-20)21-7-5-19(6-8-21)4-2-13-23-14-3-16-25-17-15-23/h5-12H,2-4,13-17H2,1H3. The molecule has 1 saturated heterocycles. The van der Waals surface area contributed by atoms with Crippen LogP contribution in [0.15, 0.2) is 48.5 Å². The van der Waals surface area contributed by atoms with E-state index in [-0.39, 0.29) is 5.78 Å². The van der Waals surface area contributed by atoms with Crippen LogP contribution in [0, 0.1) is 0 Å². The van der Waals surface area contributed by atoms with Gasteiger partial charge in [0.2, 0.25) is 0 Å². The molecular weight excluding hydrogens is 310 g/mol. The fraction of sp³-hybridized carbons (Fsp3) is 0.409. The summed E-state index contributed by atoms with van der Waals surface area (Å²) in [6.45, 7) is 6.76. The summed E-state index contributed by atoms with van der Waals surface area (Å²) in [6, 6.07) is 16.6. The maximum atomic E-state index is 11.4. The fourth-order valence-electron chi connectivity index (χ4n) is 3.29. The first-order chi connectivity index (χ1) is 12.2. The van der Waals surface area contributed by atoms with E-state index in [4.69, 9.17) is 4.74 Å². The number of hydrogen-bond acceptors (Lipinski definition) is 3. The van der Waals surface area contributed by atoms with Gasteiger partial charge < -0.3 is 9.64 Å². The van der Waals surface area contributed by atoms with E-state index in [2.05, 4.69) is 29.2 Å². The van der Waals surface area contributed by atoms with Crippen LogP contribution >= 0.6 is 0 Å². The van der Waals surface area contributed by atoms with Gasteiger partial charge in [0.15, 0.2) is 5.78 Å². The molecule has 2 aromatic carbocycles. The number of aryl methyl sites for hydroxylation is 1. The SMILES string of the molecule is CC(=O)c1ccc(-c2ccc(CCCN3CCCOCC3)cc2)cc1. The van der Waals surface area contributed by atoms with Gasteiger partial charge in [0.05, 0.1) is 6.61 Å². The Balaban J connectivity index is 1.52. The molecule has 1 aliphatic heterocycles. The highest BCUT2D eigenvalue weighted by atomic mass is 16.5. The molecule has 0 bridgehead atoms. The molecule has 3 nitrogen and oxygen atoms in total. The number of ketones is 1. The van der Waals surface area contributed by atoms with Crippen LogP contribution in [0.1, 0.15) is 35.7 Å². The molecule has 1 fully saturated rings. The van der Waals surface area contributed by atoms with Crippen LogP contribution in [0.2, 0.25) is 0 Å². The van der Waals surface area contributed by atoms with Crippen LogP contribution in [0.25, 0.3) is 11.1 Å². The van der Waals surface area contributed by atoms with E-state index in [1.54, 1.807) is 6.92 Å². The van der Waals surface area contributed by atoms with E-state index in [1.807, 2.05) is 24.3 Å². The molecule has 0 aliphatic carbocycles. The number of carbonyl (C=O) groups excluding carboxylic acids is 1. The maximum absolute atomic E-state index is 11.4. The largest absolute Gasteiger partial charge is 0.380 e. The quantitative estimate of drug-likeness (QED) is 0.740. The minimum Gasteiger partial charge on any atom is -0.380 e. The van der Waals surface area contributed by atoms with Crippen molar-refractivity contribution in [3.8, 4) is 11.1 Å². The summed E-state index contributed by atoms with van der Waals surface area (Å²) < 4.78 is 5.50. The molecule has 1 aliphatic rings. The lowest BCUT2D eigenvalue weighted by molar-refractivity contribution is 0.101. The van der Waals surface area contributed by atoms with Crippen molar-refractivity contribution < 1.29 is 9.53 Å². The normalized spacial score (nSPS) is 15.7. The zero-order valence-electron chi connectivity index (χ0n) is 15.0. The average Bonchev–Trinajstić information content (AvgIpc) is 2.91. The van der Waals surface area contributed by atoms with Gasteiger partial charge in [-0.3, -0.25) is 4.79 Å². The van der Waals surface area contributed by atoms with Gasteiger partial charge in [0.25, 0.3) is 0 Å². The van der Waals surface area contributed by atoms with Gasteiger partial charge in [-0.2, -0.15) is 0 Å². The molecule has 0 unspecified atom stereocenters. The molecule has 0 aromatic heterocycles. The smallest absolute Gasteiger partial charge is 0.159 e. The Morgan fingerprint density at radius 3 is 2.32 bits per heavy atom. The lowest BCUT2D eigenvalue weighted by Gasteiger charge is -2.18. The Kier molecular flexibility index (Phi) is 6.37. The van der Waals surface area contributed by atoms with Crippen molar-refractivity contribution in [3.05, 3.63) is 59.7 Å². The first-order valence-electron chi connectivity index (χ1n) is 9.23. The zero-order chi connectivity index (χ0) is 17.5. The number of ether oxygens (including phenoxy) is 1. The molecule has 0 atom stereocenters. The van der Waals surface area contributed by atoms with Gasteiger partial charge in [-0.1, -0.05) is 48.5 Å². The van der Waals surface area contributed by atoms with Gasteiger partial charge >= 0.3 is 0 Å². The van der Waals surface area contributed by atoms with Gasteiger partial charge in [0.1, 0.15) is 0 Å². The summed E-state index contributed by atoms with van der Waals surface area (Å²) in [5, 5.41) is 0. The summed E-state index contributed by atoms with van der Waals surface area (Å²) in [4.78, 5) is 13.9. The highest BCUT2D eigenvalue weighted by molar-refractivity contribution is 5.94. The summed E-state index contributed by atoms with van der Waals surface area (Å²) in [5.74, 6) is 0.109. The van der Waals surface area contributed by atoms with E-state index < -0.39 is 0 Å². The maximum Gasteiger partial charge on any atom is 0.159 e. The second-order valence-electron chi connectivity index (χ2n) is 6.74. The molecule has 25 heavy (non-hydrogen) atoms. The molecule has 3 heteroatoms. The van der Waals surface area contributed by atoms with Crippen molar-refractivity contribution in [2.24, 2.45) is 0 Å². The minimum atomic E-state index is 0.109. The van der Waals surface area contributed by atoms with Crippen LogP contribution in [-0.2, 0) is 11.2 Å². The van der Waals surface area contributed by atoms with Gasteiger partial charge in [-0.05, 0) is 49.4 Å². The number of hydrogen-bond donors (Lipinski definition) is 0. The topological polar surface area (TPSA) is 29.5 Å². The predicted octanol–water partition coefficient (Wildman–Crippen LogP) is 4.21. The Labute approximate surface area is 150 Å². The van der Waals surface area contributed by atoms with Crippen molar-refractivity contribution >= 4 is 5.78 Å². The van der Waals surface area contributed by atoms with E-state index in [9.17, 15) is 4.79 Å². The van der Waals surface area contributed by atoms with Crippen molar-refractivity contribution in [2.75, 3.05) is 32.8 Å². The van der Waals surface area contributed by atoms with Gasteiger partial charge in [0, 0.05) is 25.3 Å². The van der Waals surface area contributed by atoms with Crippen LogP contribution in [0.3, 0.4) is 0 Å². The average molecular weight is 337 g/mol. The van der Waals surface area contributed by atoms with E-state index >= 15 is 0 Å². The minimum absolute atomic E-state index is 0.109. The summed E-state index contributed by atoms with van der Waals surface area (Å²) in [6.07, 6.45) is 3.45. The van der Waals surface area contributed by atoms with Crippen LogP contribution in [0.5, 0.6) is 0 Å². The van der Waals surface area contributed by atoms with Crippen LogP contribution in [-0.4, -0.2) is 43.5 Å². The van der Waals surface area contributed by atoms with Crippen LogP contribution in [0.4, 0.5) is 0 Å². The van der Waals surface area contributed by atoms with Crippen molar-refractivity contribution in [1.29, 1.82) is 0 Å². The molecule has 0 amide bonds. The van der Waals surface area contributed by atoms with Gasteiger partial charge in [-0.15, -0.1) is 0 Å². The number of benzene rings is 2. The monoisotopic (exact) mass is 337 g/mol. The highest BCUT2D eigenvalue weighted by Gasteiger charge is 2.08.